The van der Waals surface area contributed by atoms with Crippen LogP contribution in [0.15, 0.2) is 0 Å². The molecule has 0 rings (SSSR count). The molecule has 0 bridgehead atoms. The number of carboxylic acid groups (broad SMARTS) is 1. The lowest BCUT2D eigenvalue weighted by atomic mass is 9.97. The second kappa shape index (κ2) is 7.03. The summed E-state index contributed by atoms with van der Waals surface area (Å²) in [5.74, 6) is -2.42. The molecular weight excluding hydrogens is 286 g/mol. The second-order valence-corrected chi connectivity index (χ2v) is 7.53. The number of methoxy groups -OCH3 is 1. The number of carbonyl (C=O) groups excluding carboxylic acids is 1. The number of aliphatic carboxylic acids is 1. The maximum atomic E-state index is 12.0. The van der Waals surface area contributed by atoms with Gasteiger partial charge in [0.2, 0.25) is 10.0 Å². The number of esters is 1. The Hall–Kier alpha value is -1.15. The molecular formula is C12H23NO6S. The van der Waals surface area contributed by atoms with E-state index in [0.717, 1.165) is 0 Å². The summed E-state index contributed by atoms with van der Waals surface area (Å²) in [6.07, 6.45) is 0.174. The third-order valence-corrected chi connectivity index (χ3v) is 4.36. The van der Waals surface area contributed by atoms with Gasteiger partial charge in [0, 0.05) is 0 Å². The number of sulfonamides is 1. The second-order valence-electron chi connectivity index (χ2n) is 5.77. The standard InChI is InChI=1S/C12H23NO6S/c1-8(2)6-9(10(14)15)13-20(17,18)7-12(3,4)11(16)19-5/h8-9,13H,6-7H2,1-5H3,(H,14,15)/t9-/m0/s1. The van der Waals surface area contributed by atoms with E-state index in [1.165, 1.54) is 21.0 Å². The van der Waals surface area contributed by atoms with Gasteiger partial charge in [-0.05, 0) is 26.2 Å². The van der Waals surface area contributed by atoms with E-state index in [9.17, 15) is 18.0 Å². The molecule has 20 heavy (non-hydrogen) atoms. The van der Waals surface area contributed by atoms with E-state index in [0.29, 0.717) is 0 Å². The fraction of sp³-hybridized carbons (Fsp3) is 0.833. The van der Waals surface area contributed by atoms with E-state index < -0.39 is 39.2 Å². The van der Waals surface area contributed by atoms with Crippen LogP contribution in [0.4, 0.5) is 0 Å². The van der Waals surface area contributed by atoms with Gasteiger partial charge in [-0.1, -0.05) is 13.8 Å². The van der Waals surface area contributed by atoms with Crippen molar-refractivity contribution in [2.45, 2.75) is 40.2 Å². The normalized spacial score (nSPS) is 14.1. The van der Waals surface area contributed by atoms with Crippen molar-refractivity contribution in [2.75, 3.05) is 12.9 Å². The summed E-state index contributed by atoms with van der Waals surface area (Å²) in [5, 5.41) is 9.02. The Morgan fingerprint density at radius 3 is 2.15 bits per heavy atom. The Morgan fingerprint density at radius 1 is 1.30 bits per heavy atom. The summed E-state index contributed by atoms with van der Waals surface area (Å²) in [6.45, 7) is 6.44. The number of nitrogens with one attached hydrogen (secondary N) is 1. The highest BCUT2D eigenvalue weighted by Gasteiger charge is 2.36. The molecule has 118 valence electrons. The van der Waals surface area contributed by atoms with Crippen LogP contribution in [0, 0.1) is 11.3 Å². The lowest BCUT2D eigenvalue weighted by Gasteiger charge is -2.23. The Bertz CT molecular complexity index is 455. The minimum Gasteiger partial charge on any atom is -0.480 e. The summed E-state index contributed by atoms with van der Waals surface area (Å²) < 4.78 is 30.6. The molecule has 2 N–H and O–H groups in total. The zero-order valence-electron chi connectivity index (χ0n) is 12.5. The Kier molecular flexibility index (Phi) is 6.63. The number of hydrogen-bond acceptors (Lipinski definition) is 5. The molecule has 0 unspecified atom stereocenters. The van der Waals surface area contributed by atoms with Gasteiger partial charge in [-0.25, -0.2) is 13.1 Å². The summed E-state index contributed by atoms with van der Waals surface area (Å²) in [4.78, 5) is 22.5. The van der Waals surface area contributed by atoms with Crippen LogP contribution in [0.5, 0.6) is 0 Å². The van der Waals surface area contributed by atoms with Crippen LogP contribution in [-0.4, -0.2) is 44.4 Å². The monoisotopic (exact) mass is 309 g/mol. The van der Waals surface area contributed by atoms with Crippen molar-refractivity contribution >= 4 is 22.0 Å². The maximum absolute atomic E-state index is 12.0. The Morgan fingerprint density at radius 2 is 1.80 bits per heavy atom. The summed E-state index contributed by atoms with van der Waals surface area (Å²) in [5.41, 5.74) is -1.25. The predicted octanol–water partition coefficient (Wildman–Crippen LogP) is 0.604. The number of rotatable bonds is 8. The van der Waals surface area contributed by atoms with Crippen LogP contribution in [0.3, 0.4) is 0 Å². The van der Waals surface area contributed by atoms with Gasteiger partial charge in [0.05, 0.1) is 18.3 Å². The molecule has 0 aromatic heterocycles. The van der Waals surface area contributed by atoms with E-state index in [4.69, 9.17) is 5.11 Å². The molecule has 0 spiro atoms. The smallest absolute Gasteiger partial charge is 0.321 e. The molecule has 0 amide bonds. The van der Waals surface area contributed by atoms with Crippen LogP contribution in [0.1, 0.15) is 34.1 Å². The zero-order chi connectivity index (χ0) is 16.1. The van der Waals surface area contributed by atoms with Crippen molar-refractivity contribution in [3.63, 3.8) is 0 Å². The number of hydrogen-bond donors (Lipinski definition) is 2. The van der Waals surface area contributed by atoms with Gasteiger partial charge in [-0.15, -0.1) is 0 Å². The van der Waals surface area contributed by atoms with E-state index in [1.54, 1.807) is 13.8 Å². The van der Waals surface area contributed by atoms with Crippen molar-refractivity contribution < 1.29 is 27.9 Å². The van der Waals surface area contributed by atoms with Gasteiger partial charge >= 0.3 is 11.9 Å². The Balaban J connectivity index is 4.97. The molecule has 0 saturated carbocycles. The van der Waals surface area contributed by atoms with Gasteiger partial charge in [0.15, 0.2) is 0 Å². The highest BCUT2D eigenvalue weighted by molar-refractivity contribution is 7.89. The lowest BCUT2D eigenvalue weighted by molar-refractivity contribution is -0.149. The molecule has 0 aliphatic heterocycles. The first-order valence-corrected chi connectivity index (χ1v) is 7.87. The largest absolute Gasteiger partial charge is 0.480 e. The van der Waals surface area contributed by atoms with Crippen molar-refractivity contribution in [2.24, 2.45) is 11.3 Å². The summed E-state index contributed by atoms with van der Waals surface area (Å²) in [7, 11) is -2.75. The van der Waals surface area contributed by atoms with Crippen LogP contribution >= 0.6 is 0 Å². The number of ether oxygens (including phenoxy) is 1. The first-order chi connectivity index (χ1) is 8.91. The molecule has 0 fully saturated rings. The average Bonchev–Trinajstić information content (AvgIpc) is 2.24. The molecule has 7 nitrogen and oxygen atoms in total. The van der Waals surface area contributed by atoms with Gasteiger partial charge in [-0.3, -0.25) is 9.59 Å². The van der Waals surface area contributed by atoms with Crippen molar-refractivity contribution in [3.05, 3.63) is 0 Å². The van der Waals surface area contributed by atoms with E-state index in [1.807, 2.05) is 0 Å². The van der Waals surface area contributed by atoms with Gasteiger partial charge < -0.3 is 9.84 Å². The minimum absolute atomic E-state index is 0.0208. The lowest BCUT2D eigenvalue weighted by Crippen LogP contribution is -2.46. The quantitative estimate of drug-likeness (QED) is 0.636. The van der Waals surface area contributed by atoms with E-state index in [-0.39, 0.29) is 12.3 Å². The zero-order valence-corrected chi connectivity index (χ0v) is 13.3. The van der Waals surface area contributed by atoms with Crippen LogP contribution in [0.25, 0.3) is 0 Å². The molecule has 1 atom stereocenters. The number of carboxylic acids is 1. The highest BCUT2D eigenvalue weighted by Crippen LogP contribution is 2.20. The first kappa shape index (κ1) is 18.9. The predicted molar refractivity (Wildman–Crippen MR) is 73.6 cm³/mol. The molecule has 0 aromatic rings. The molecule has 0 aliphatic rings. The maximum Gasteiger partial charge on any atom is 0.321 e. The highest BCUT2D eigenvalue weighted by atomic mass is 32.2. The Labute approximate surface area is 119 Å². The third kappa shape index (κ3) is 6.33. The molecule has 8 heteroatoms. The minimum atomic E-state index is -3.92. The summed E-state index contributed by atoms with van der Waals surface area (Å²) in [6, 6.07) is -1.20. The average molecular weight is 309 g/mol. The fourth-order valence-corrected chi connectivity index (χ4v) is 3.52. The van der Waals surface area contributed by atoms with Crippen molar-refractivity contribution in [1.29, 1.82) is 0 Å². The van der Waals surface area contributed by atoms with Crippen LogP contribution < -0.4 is 4.72 Å². The molecule has 0 saturated heterocycles. The number of carbonyl (C=O) groups is 2. The van der Waals surface area contributed by atoms with Crippen molar-refractivity contribution in [1.82, 2.24) is 4.72 Å². The van der Waals surface area contributed by atoms with E-state index >= 15 is 0 Å². The van der Waals surface area contributed by atoms with Crippen LogP contribution in [0.2, 0.25) is 0 Å². The van der Waals surface area contributed by atoms with Gasteiger partial charge in [0.1, 0.15) is 6.04 Å². The van der Waals surface area contributed by atoms with Crippen LogP contribution in [-0.2, 0) is 24.3 Å². The molecule has 0 heterocycles. The fourth-order valence-electron chi connectivity index (χ4n) is 1.74. The first-order valence-electron chi connectivity index (χ1n) is 6.22. The summed E-state index contributed by atoms with van der Waals surface area (Å²) >= 11 is 0. The van der Waals surface area contributed by atoms with Gasteiger partial charge in [0.25, 0.3) is 0 Å². The molecule has 0 aliphatic carbocycles. The van der Waals surface area contributed by atoms with Gasteiger partial charge in [-0.2, -0.15) is 0 Å². The SMILES string of the molecule is COC(=O)C(C)(C)CS(=O)(=O)N[C@@H](CC(C)C)C(=O)O. The topological polar surface area (TPSA) is 110 Å². The molecule has 0 aromatic carbocycles. The molecule has 0 radical (unpaired) electrons. The third-order valence-electron chi connectivity index (χ3n) is 2.62. The van der Waals surface area contributed by atoms with E-state index in [2.05, 4.69) is 9.46 Å². The van der Waals surface area contributed by atoms with Crippen molar-refractivity contribution in [3.8, 4) is 0 Å².